The average Bonchev–Trinajstić information content (AvgIpc) is 2.69. The van der Waals surface area contributed by atoms with Crippen LogP contribution in [0.3, 0.4) is 0 Å². The van der Waals surface area contributed by atoms with E-state index >= 15 is 0 Å². The van der Waals surface area contributed by atoms with Crippen LogP contribution in [0, 0.1) is 5.92 Å². The molecule has 0 amide bonds. The Morgan fingerprint density at radius 3 is 3.27 bits per heavy atom. The topological polar surface area (TPSA) is 39.1 Å². The van der Waals surface area contributed by atoms with Crippen molar-refractivity contribution in [1.82, 2.24) is 14.9 Å². The van der Waals surface area contributed by atoms with E-state index in [4.69, 9.17) is 4.74 Å². The van der Waals surface area contributed by atoms with Crippen molar-refractivity contribution in [1.29, 1.82) is 0 Å². The van der Waals surface area contributed by atoms with Gasteiger partial charge in [-0.2, -0.15) is 0 Å². The van der Waals surface area contributed by atoms with Crippen LogP contribution in [0.15, 0.2) is 12.4 Å². The number of aryl methyl sites for hydroxylation is 1. The summed E-state index contributed by atoms with van der Waals surface area (Å²) in [5.41, 5.74) is 0. The van der Waals surface area contributed by atoms with E-state index in [-0.39, 0.29) is 6.10 Å². The van der Waals surface area contributed by atoms with Crippen molar-refractivity contribution >= 4 is 0 Å². The molecule has 84 valence electrons. The summed E-state index contributed by atoms with van der Waals surface area (Å²) in [6.07, 6.45) is 5.18. The van der Waals surface area contributed by atoms with Crippen LogP contribution in [0.2, 0.25) is 0 Å². The maximum atomic E-state index is 5.92. The van der Waals surface area contributed by atoms with Crippen molar-refractivity contribution in [3.63, 3.8) is 0 Å². The van der Waals surface area contributed by atoms with Crippen molar-refractivity contribution in [3.05, 3.63) is 12.4 Å². The van der Waals surface area contributed by atoms with Crippen LogP contribution < -0.4 is 10.1 Å². The van der Waals surface area contributed by atoms with E-state index < -0.39 is 0 Å². The molecule has 0 radical (unpaired) electrons. The molecule has 2 unspecified atom stereocenters. The molecule has 1 saturated heterocycles. The standard InChI is InChI=1S/C11H19N3O/c1-3-14-7-6-13-11(14)15-10-8-12-5-4-9(10)2/h6-7,9-10,12H,3-5,8H2,1-2H3. The van der Waals surface area contributed by atoms with E-state index in [1.54, 1.807) is 6.20 Å². The molecule has 2 atom stereocenters. The molecule has 0 aromatic carbocycles. The number of hydrogen-bond acceptors (Lipinski definition) is 3. The fraction of sp³-hybridized carbons (Fsp3) is 0.727. The number of nitrogens with one attached hydrogen (secondary N) is 1. The van der Waals surface area contributed by atoms with Crippen molar-refractivity contribution in [3.8, 4) is 6.01 Å². The van der Waals surface area contributed by atoms with Gasteiger partial charge in [-0.05, 0) is 25.8 Å². The maximum Gasteiger partial charge on any atom is 0.296 e. The summed E-state index contributed by atoms with van der Waals surface area (Å²) in [5, 5.41) is 3.35. The van der Waals surface area contributed by atoms with E-state index in [0.29, 0.717) is 5.92 Å². The molecule has 4 nitrogen and oxygen atoms in total. The Kier molecular flexibility index (Phi) is 3.26. The lowest BCUT2D eigenvalue weighted by molar-refractivity contribution is 0.0997. The van der Waals surface area contributed by atoms with Crippen LogP contribution in [-0.4, -0.2) is 28.7 Å². The predicted molar refractivity (Wildman–Crippen MR) is 59.0 cm³/mol. The molecule has 15 heavy (non-hydrogen) atoms. The second kappa shape index (κ2) is 4.66. The molecular formula is C11H19N3O. The van der Waals surface area contributed by atoms with Gasteiger partial charge in [0.15, 0.2) is 0 Å². The lowest BCUT2D eigenvalue weighted by Gasteiger charge is -2.29. The van der Waals surface area contributed by atoms with Gasteiger partial charge in [0.05, 0.1) is 0 Å². The Labute approximate surface area is 90.6 Å². The highest BCUT2D eigenvalue weighted by Gasteiger charge is 2.23. The highest BCUT2D eigenvalue weighted by Crippen LogP contribution is 2.18. The van der Waals surface area contributed by atoms with Gasteiger partial charge >= 0.3 is 0 Å². The van der Waals surface area contributed by atoms with Crippen LogP contribution in [0.5, 0.6) is 6.01 Å². The molecule has 0 bridgehead atoms. The molecule has 4 heteroatoms. The fourth-order valence-electron chi connectivity index (χ4n) is 1.91. The average molecular weight is 209 g/mol. The van der Waals surface area contributed by atoms with Crippen molar-refractivity contribution in [2.45, 2.75) is 32.9 Å². The summed E-state index contributed by atoms with van der Waals surface area (Å²) in [6, 6.07) is 0.748. The van der Waals surface area contributed by atoms with Crippen LogP contribution in [0.1, 0.15) is 20.3 Å². The van der Waals surface area contributed by atoms with E-state index in [1.165, 1.54) is 6.42 Å². The van der Waals surface area contributed by atoms with Crippen LogP contribution in [-0.2, 0) is 6.54 Å². The minimum absolute atomic E-state index is 0.256. The van der Waals surface area contributed by atoms with E-state index in [9.17, 15) is 0 Å². The van der Waals surface area contributed by atoms with Crippen molar-refractivity contribution in [2.24, 2.45) is 5.92 Å². The zero-order chi connectivity index (χ0) is 10.7. The molecule has 1 fully saturated rings. The molecule has 1 aliphatic rings. The summed E-state index contributed by atoms with van der Waals surface area (Å²) >= 11 is 0. The molecule has 0 spiro atoms. The van der Waals surface area contributed by atoms with Crippen molar-refractivity contribution in [2.75, 3.05) is 13.1 Å². The molecule has 2 rings (SSSR count). The van der Waals surface area contributed by atoms with Gasteiger partial charge in [-0.25, -0.2) is 4.98 Å². The number of ether oxygens (including phenoxy) is 1. The minimum Gasteiger partial charge on any atom is -0.460 e. The van der Waals surface area contributed by atoms with Gasteiger partial charge in [0.1, 0.15) is 6.10 Å². The monoisotopic (exact) mass is 209 g/mol. The Hall–Kier alpha value is -1.03. The summed E-state index contributed by atoms with van der Waals surface area (Å²) in [7, 11) is 0. The third-order valence-corrected chi connectivity index (χ3v) is 3.03. The highest BCUT2D eigenvalue weighted by molar-refractivity contribution is 4.99. The summed E-state index contributed by atoms with van der Waals surface area (Å²) in [6.45, 7) is 7.27. The number of hydrogen-bond donors (Lipinski definition) is 1. The molecule has 1 aromatic rings. The van der Waals surface area contributed by atoms with Gasteiger partial charge in [-0.15, -0.1) is 0 Å². The molecule has 0 aliphatic carbocycles. The van der Waals surface area contributed by atoms with Gasteiger partial charge in [0.2, 0.25) is 0 Å². The highest BCUT2D eigenvalue weighted by atomic mass is 16.5. The normalized spacial score (nSPS) is 26.5. The molecule has 1 N–H and O–H groups in total. The first-order valence-electron chi connectivity index (χ1n) is 5.69. The van der Waals surface area contributed by atoms with Gasteiger partial charge in [-0.3, -0.25) is 0 Å². The zero-order valence-electron chi connectivity index (χ0n) is 9.44. The largest absolute Gasteiger partial charge is 0.460 e. The molecule has 2 heterocycles. The van der Waals surface area contributed by atoms with Crippen LogP contribution in [0.25, 0.3) is 0 Å². The summed E-state index contributed by atoms with van der Waals surface area (Å²) < 4.78 is 7.95. The van der Waals surface area contributed by atoms with E-state index in [1.807, 2.05) is 10.8 Å². The lowest BCUT2D eigenvalue weighted by Crippen LogP contribution is -2.43. The van der Waals surface area contributed by atoms with Crippen LogP contribution >= 0.6 is 0 Å². The number of nitrogens with zero attached hydrogens (tertiary/aromatic N) is 2. The van der Waals surface area contributed by atoms with Crippen LogP contribution in [0.4, 0.5) is 0 Å². The number of piperidine rings is 1. The maximum absolute atomic E-state index is 5.92. The SMILES string of the molecule is CCn1ccnc1OC1CNCCC1C. The fourth-order valence-corrected chi connectivity index (χ4v) is 1.91. The lowest BCUT2D eigenvalue weighted by atomic mass is 9.97. The summed E-state index contributed by atoms with van der Waals surface area (Å²) in [5.74, 6) is 0.605. The molecule has 0 saturated carbocycles. The first kappa shape index (κ1) is 10.5. The smallest absolute Gasteiger partial charge is 0.296 e. The van der Waals surface area contributed by atoms with E-state index in [0.717, 1.165) is 25.6 Å². The Morgan fingerprint density at radius 1 is 1.67 bits per heavy atom. The van der Waals surface area contributed by atoms with Gasteiger partial charge < -0.3 is 14.6 Å². The first-order chi connectivity index (χ1) is 7.31. The van der Waals surface area contributed by atoms with Gasteiger partial charge in [-0.1, -0.05) is 6.92 Å². The number of aromatic nitrogens is 2. The Bertz CT molecular complexity index is 311. The van der Waals surface area contributed by atoms with Gasteiger partial charge in [0.25, 0.3) is 6.01 Å². The third-order valence-electron chi connectivity index (χ3n) is 3.03. The third kappa shape index (κ3) is 2.31. The van der Waals surface area contributed by atoms with Gasteiger partial charge in [0, 0.05) is 25.5 Å². The van der Waals surface area contributed by atoms with E-state index in [2.05, 4.69) is 24.1 Å². The quantitative estimate of drug-likeness (QED) is 0.815. The predicted octanol–water partition coefficient (Wildman–Crippen LogP) is 1.28. The first-order valence-corrected chi connectivity index (χ1v) is 5.69. The second-order valence-corrected chi connectivity index (χ2v) is 4.12. The second-order valence-electron chi connectivity index (χ2n) is 4.12. The number of rotatable bonds is 3. The molecular weight excluding hydrogens is 190 g/mol. The Balaban J connectivity index is 2.01. The molecule has 1 aromatic heterocycles. The summed E-state index contributed by atoms with van der Waals surface area (Å²) in [4.78, 5) is 4.23. The minimum atomic E-state index is 0.256. The number of imidazole rings is 1. The Morgan fingerprint density at radius 2 is 2.53 bits per heavy atom. The van der Waals surface area contributed by atoms with Crippen molar-refractivity contribution < 1.29 is 4.74 Å². The molecule has 1 aliphatic heterocycles. The zero-order valence-corrected chi connectivity index (χ0v) is 9.44.